The van der Waals surface area contributed by atoms with Gasteiger partial charge in [-0.05, 0) is 32.1 Å². The molecule has 0 unspecified atom stereocenters. The zero-order chi connectivity index (χ0) is 18.1. The molecule has 140 valence electrons. The van der Waals surface area contributed by atoms with E-state index in [1.54, 1.807) is 6.92 Å². The molecule has 0 saturated carbocycles. The Kier molecular flexibility index (Phi) is 4.89. The molecule has 26 heavy (non-hydrogen) atoms. The first-order chi connectivity index (χ1) is 12.6. The monoisotopic (exact) mass is 358 g/mol. The maximum absolute atomic E-state index is 12.9. The largest absolute Gasteiger partial charge is 0.368 e. The summed E-state index contributed by atoms with van der Waals surface area (Å²) in [6.07, 6.45) is 7.06. The molecular formula is C19H26N4O3. The Bertz CT molecular complexity index is 702. The molecule has 2 amide bonds. The van der Waals surface area contributed by atoms with Gasteiger partial charge in [0.05, 0.1) is 11.7 Å². The van der Waals surface area contributed by atoms with Crippen LogP contribution in [0.15, 0.2) is 6.20 Å². The molecule has 4 heterocycles. The highest BCUT2D eigenvalue weighted by Gasteiger charge is 2.37. The van der Waals surface area contributed by atoms with Crippen molar-refractivity contribution in [2.45, 2.75) is 64.1 Å². The lowest BCUT2D eigenvalue weighted by Crippen LogP contribution is -2.42. The van der Waals surface area contributed by atoms with Crippen molar-refractivity contribution in [3.8, 4) is 0 Å². The van der Waals surface area contributed by atoms with Crippen LogP contribution in [0.5, 0.6) is 0 Å². The standard InChI is InChI=1S/C19H26N4O3/c1-13(24)22-9-7-15-14(12-22)11-20-18(21-15)16-5-4-8-23(16)19(25)17-6-2-3-10-26-17/h11,16-17H,2-10,12H2,1H3/t16-,17-/m1/s1. The maximum Gasteiger partial charge on any atom is 0.252 e. The van der Waals surface area contributed by atoms with Crippen molar-refractivity contribution in [2.75, 3.05) is 19.7 Å². The predicted octanol–water partition coefficient (Wildman–Crippen LogP) is 1.61. The van der Waals surface area contributed by atoms with E-state index in [0.717, 1.165) is 62.2 Å². The maximum atomic E-state index is 12.9. The Labute approximate surface area is 153 Å². The topological polar surface area (TPSA) is 75.6 Å². The number of carbonyl (C=O) groups is 2. The summed E-state index contributed by atoms with van der Waals surface area (Å²) in [4.78, 5) is 37.6. The summed E-state index contributed by atoms with van der Waals surface area (Å²) < 4.78 is 5.69. The molecule has 0 radical (unpaired) electrons. The second-order valence-electron chi connectivity index (χ2n) is 7.44. The van der Waals surface area contributed by atoms with Crippen LogP contribution < -0.4 is 0 Å². The van der Waals surface area contributed by atoms with Gasteiger partial charge in [-0.15, -0.1) is 0 Å². The van der Waals surface area contributed by atoms with Crippen molar-refractivity contribution < 1.29 is 14.3 Å². The molecule has 3 aliphatic rings. The van der Waals surface area contributed by atoms with Gasteiger partial charge in [0.2, 0.25) is 5.91 Å². The lowest BCUT2D eigenvalue weighted by molar-refractivity contribution is -0.147. The fourth-order valence-electron chi connectivity index (χ4n) is 4.18. The number of hydrogen-bond acceptors (Lipinski definition) is 5. The quantitative estimate of drug-likeness (QED) is 0.803. The van der Waals surface area contributed by atoms with Crippen LogP contribution in [0.25, 0.3) is 0 Å². The number of carbonyl (C=O) groups excluding carboxylic acids is 2. The molecule has 0 N–H and O–H groups in total. The second-order valence-corrected chi connectivity index (χ2v) is 7.44. The fraction of sp³-hybridized carbons (Fsp3) is 0.684. The molecule has 4 rings (SSSR count). The van der Waals surface area contributed by atoms with Gasteiger partial charge in [0, 0.05) is 51.3 Å². The third-order valence-electron chi connectivity index (χ3n) is 5.69. The van der Waals surface area contributed by atoms with Crippen LogP contribution in [0.1, 0.15) is 62.2 Å². The number of aromatic nitrogens is 2. The minimum absolute atomic E-state index is 0.0517. The molecule has 2 saturated heterocycles. The first-order valence-corrected chi connectivity index (χ1v) is 9.66. The van der Waals surface area contributed by atoms with Crippen LogP contribution in [0.4, 0.5) is 0 Å². The molecule has 3 aliphatic heterocycles. The molecule has 2 fully saturated rings. The minimum atomic E-state index is -0.300. The predicted molar refractivity (Wildman–Crippen MR) is 94.1 cm³/mol. The Morgan fingerprint density at radius 1 is 1.19 bits per heavy atom. The molecule has 0 bridgehead atoms. The van der Waals surface area contributed by atoms with Crippen LogP contribution in [-0.2, 0) is 27.3 Å². The Morgan fingerprint density at radius 2 is 2.08 bits per heavy atom. The van der Waals surface area contributed by atoms with Crippen molar-refractivity contribution in [2.24, 2.45) is 0 Å². The van der Waals surface area contributed by atoms with E-state index in [1.807, 2.05) is 16.0 Å². The number of rotatable bonds is 2. The van der Waals surface area contributed by atoms with E-state index >= 15 is 0 Å². The molecule has 7 heteroatoms. The van der Waals surface area contributed by atoms with Gasteiger partial charge < -0.3 is 14.5 Å². The highest BCUT2D eigenvalue weighted by Crippen LogP contribution is 2.32. The summed E-state index contributed by atoms with van der Waals surface area (Å²) in [5.41, 5.74) is 2.03. The summed E-state index contributed by atoms with van der Waals surface area (Å²) in [6, 6.07) is -0.0517. The van der Waals surface area contributed by atoms with Crippen LogP contribution in [-0.4, -0.2) is 57.4 Å². The molecule has 1 aromatic heterocycles. The Balaban J connectivity index is 1.51. The van der Waals surface area contributed by atoms with Gasteiger partial charge in [0.25, 0.3) is 5.91 Å². The van der Waals surface area contributed by atoms with Crippen molar-refractivity contribution in [3.05, 3.63) is 23.3 Å². The summed E-state index contributed by atoms with van der Waals surface area (Å²) >= 11 is 0. The Morgan fingerprint density at radius 3 is 2.85 bits per heavy atom. The van der Waals surface area contributed by atoms with Gasteiger partial charge in [0.1, 0.15) is 6.10 Å². The molecule has 7 nitrogen and oxygen atoms in total. The number of likely N-dealkylation sites (tertiary alicyclic amines) is 1. The van der Waals surface area contributed by atoms with E-state index < -0.39 is 0 Å². The average Bonchev–Trinajstić information content (AvgIpc) is 3.17. The van der Waals surface area contributed by atoms with Crippen LogP contribution in [0.2, 0.25) is 0 Å². The zero-order valence-corrected chi connectivity index (χ0v) is 15.3. The van der Waals surface area contributed by atoms with Crippen molar-refractivity contribution in [1.82, 2.24) is 19.8 Å². The molecular weight excluding hydrogens is 332 g/mol. The third-order valence-corrected chi connectivity index (χ3v) is 5.69. The molecule has 0 aromatic carbocycles. The van der Waals surface area contributed by atoms with Gasteiger partial charge in [-0.25, -0.2) is 9.97 Å². The van der Waals surface area contributed by atoms with Crippen LogP contribution >= 0.6 is 0 Å². The van der Waals surface area contributed by atoms with E-state index in [9.17, 15) is 9.59 Å². The van der Waals surface area contributed by atoms with Crippen molar-refractivity contribution in [3.63, 3.8) is 0 Å². The van der Waals surface area contributed by atoms with Crippen LogP contribution in [0.3, 0.4) is 0 Å². The normalized spacial score (nSPS) is 25.9. The first-order valence-electron chi connectivity index (χ1n) is 9.66. The van der Waals surface area contributed by atoms with Gasteiger partial charge in [0.15, 0.2) is 5.82 Å². The fourth-order valence-corrected chi connectivity index (χ4v) is 4.18. The van der Waals surface area contributed by atoms with Crippen molar-refractivity contribution in [1.29, 1.82) is 0 Å². The highest BCUT2D eigenvalue weighted by atomic mass is 16.5. The first kappa shape index (κ1) is 17.4. The average molecular weight is 358 g/mol. The number of ether oxygens (including phenoxy) is 1. The molecule has 0 spiro atoms. The number of fused-ring (bicyclic) bond motifs is 1. The highest BCUT2D eigenvalue weighted by molar-refractivity contribution is 5.81. The van der Waals surface area contributed by atoms with Gasteiger partial charge in [-0.2, -0.15) is 0 Å². The van der Waals surface area contributed by atoms with Crippen LogP contribution in [0, 0.1) is 0 Å². The summed E-state index contributed by atoms with van der Waals surface area (Å²) in [5.74, 6) is 0.915. The van der Waals surface area contributed by atoms with E-state index in [0.29, 0.717) is 19.7 Å². The van der Waals surface area contributed by atoms with E-state index in [4.69, 9.17) is 9.72 Å². The van der Waals surface area contributed by atoms with Crippen molar-refractivity contribution >= 4 is 11.8 Å². The minimum Gasteiger partial charge on any atom is -0.368 e. The summed E-state index contributed by atoms with van der Waals surface area (Å²) in [5, 5.41) is 0. The van der Waals surface area contributed by atoms with E-state index in [1.165, 1.54) is 0 Å². The SMILES string of the molecule is CC(=O)N1CCc2nc([C@H]3CCCN3C(=O)[C@H]3CCCCO3)ncc2C1. The number of hydrogen-bond donors (Lipinski definition) is 0. The second kappa shape index (κ2) is 7.31. The molecule has 1 aromatic rings. The molecule has 2 atom stereocenters. The van der Waals surface area contributed by atoms with Gasteiger partial charge in [-0.3, -0.25) is 9.59 Å². The van der Waals surface area contributed by atoms with E-state index in [-0.39, 0.29) is 24.0 Å². The Hall–Kier alpha value is -2.02. The smallest absolute Gasteiger partial charge is 0.252 e. The zero-order valence-electron chi connectivity index (χ0n) is 15.3. The number of nitrogens with zero attached hydrogens (tertiary/aromatic N) is 4. The molecule has 0 aliphatic carbocycles. The summed E-state index contributed by atoms with van der Waals surface area (Å²) in [6.45, 7) is 4.30. The summed E-state index contributed by atoms with van der Waals surface area (Å²) in [7, 11) is 0. The van der Waals surface area contributed by atoms with Gasteiger partial charge in [-0.1, -0.05) is 0 Å². The lowest BCUT2D eigenvalue weighted by Gasteiger charge is -2.31. The third kappa shape index (κ3) is 3.32. The lowest BCUT2D eigenvalue weighted by atomic mass is 10.1. The van der Waals surface area contributed by atoms with E-state index in [2.05, 4.69) is 4.98 Å². The number of amides is 2. The van der Waals surface area contributed by atoms with Gasteiger partial charge >= 0.3 is 0 Å².